The number of hydrogen-bond donors (Lipinski definition) is 2. The van der Waals surface area contributed by atoms with E-state index >= 15 is 0 Å². The van der Waals surface area contributed by atoms with E-state index in [1.807, 2.05) is 0 Å². The minimum atomic E-state index is -0.682. The van der Waals surface area contributed by atoms with Crippen molar-refractivity contribution in [1.29, 1.82) is 0 Å². The highest BCUT2D eigenvalue weighted by Gasteiger charge is 2.22. The number of primary amides is 1. The molecule has 6 nitrogen and oxygen atoms in total. The zero-order valence-corrected chi connectivity index (χ0v) is 14.6. The van der Waals surface area contributed by atoms with Crippen LogP contribution in [0.2, 0.25) is 10.0 Å². The summed E-state index contributed by atoms with van der Waals surface area (Å²) in [5.41, 5.74) is 12.1. The molecule has 0 atom stereocenters. The molecule has 0 saturated heterocycles. The van der Waals surface area contributed by atoms with E-state index in [1.54, 1.807) is 24.3 Å². The quantitative estimate of drug-likeness (QED) is 0.668. The number of halogens is 2. The van der Waals surface area contributed by atoms with E-state index in [0.29, 0.717) is 32.4 Å². The highest BCUT2D eigenvalue weighted by Crippen LogP contribution is 2.42. The monoisotopic (exact) mass is 377 g/mol. The average Bonchev–Trinajstić information content (AvgIpc) is 2.58. The predicted molar refractivity (Wildman–Crippen MR) is 97.8 cm³/mol. The van der Waals surface area contributed by atoms with Gasteiger partial charge in [0.15, 0.2) is 11.5 Å². The standard InChI is InChI=1S/C17H13Cl2N3O3/c1-24-15-10(17(21)23)7-9-11(18)4-5-22-14(9)16(15)25-8-2-3-13(20)12(19)6-8/h2-7H,20H2,1H3,(H2,21,23). The van der Waals surface area contributed by atoms with Gasteiger partial charge in [0.2, 0.25) is 0 Å². The van der Waals surface area contributed by atoms with Crippen LogP contribution in [0, 0.1) is 0 Å². The number of rotatable bonds is 4. The van der Waals surface area contributed by atoms with Crippen molar-refractivity contribution in [3.8, 4) is 17.2 Å². The number of nitrogens with two attached hydrogens (primary N) is 2. The topological polar surface area (TPSA) is 100 Å². The number of carbonyl (C=O) groups is 1. The molecule has 1 aromatic heterocycles. The van der Waals surface area contributed by atoms with Crippen molar-refractivity contribution >= 4 is 45.7 Å². The fourth-order valence-corrected chi connectivity index (χ4v) is 2.75. The second-order valence-electron chi connectivity index (χ2n) is 5.13. The van der Waals surface area contributed by atoms with E-state index in [1.165, 1.54) is 19.4 Å². The SMILES string of the molecule is COc1c(C(N)=O)cc2c(Cl)ccnc2c1Oc1ccc(N)c(Cl)c1. The van der Waals surface area contributed by atoms with E-state index in [-0.39, 0.29) is 17.1 Å². The fraction of sp³-hybridized carbons (Fsp3) is 0.0588. The van der Waals surface area contributed by atoms with Gasteiger partial charge in [0.25, 0.3) is 5.91 Å². The normalized spacial score (nSPS) is 10.7. The number of amides is 1. The summed E-state index contributed by atoms with van der Waals surface area (Å²) in [6.45, 7) is 0. The molecule has 1 heterocycles. The van der Waals surface area contributed by atoms with Crippen molar-refractivity contribution in [1.82, 2.24) is 4.98 Å². The highest BCUT2D eigenvalue weighted by atomic mass is 35.5. The summed E-state index contributed by atoms with van der Waals surface area (Å²) in [6, 6.07) is 7.90. The lowest BCUT2D eigenvalue weighted by Crippen LogP contribution is -2.13. The summed E-state index contributed by atoms with van der Waals surface area (Å²) >= 11 is 12.3. The molecule has 0 aliphatic heterocycles. The lowest BCUT2D eigenvalue weighted by Gasteiger charge is -2.16. The Morgan fingerprint density at radius 1 is 1.12 bits per heavy atom. The molecule has 0 spiro atoms. The van der Waals surface area contributed by atoms with E-state index in [0.717, 1.165) is 0 Å². The third-order valence-electron chi connectivity index (χ3n) is 3.55. The van der Waals surface area contributed by atoms with E-state index < -0.39 is 5.91 Å². The third-order valence-corrected chi connectivity index (χ3v) is 4.21. The van der Waals surface area contributed by atoms with Crippen LogP contribution in [0.3, 0.4) is 0 Å². The van der Waals surface area contributed by atoms with Gasteiger partial charge in [-0.05, 0) is 24.3 Å². The van der Waals surface area contributed by atoms with Crippen LogP contribution in [0.5, 0.6) is 17.2 Å². The Hall–Kier alpha value is -2.70. The first kappa shape index (κ1) is 17.1. The molecule has 0 unspecified atom stereocenters. The molecule has 0 bridgehead atoms. The van der Waals surface area contributed by atoms with Crippen molar-refractivity contribution in [2.24, 2.45) is 5.73 Å². The summed E-state index contributed by atoms with van der Waals surface area (Å²) in [6.07, 6.45) is 1.52. The lowest BCUT2D eigenvalue weighted by molar-refractivity contribution is 0.0997. The minimum Gasteiger partial charge on any atom is -0.492 e. The average molecular weight is 378 g/mol. The van der Waals surface area contributed by atoms with Gasteiger partial charge in [0.1, 0.15) is 11.3 Å². The van der Waals surface area contributed by atoms with Gasteiger partial charge in [-0.2, -0.15) is 0 Å². The zero-order valence-electron chi connectivity index (χ0n) is 13.0. The molecule has 1 amide bonds. The number of nitrogen functional groups attached to an aromatic ring is 1. The first-order valence-electron chi connectivity index (χ1n) is 7.10. The lowest BCUT2D eigenvalue weighted by atomic mass is 10.1. The summed E-state index contributed by atoms with van der Waals surface area (Å²) < 4.78 is 11.2. The van der Waals surface area contributed by atoms with Gasteiger partial charge in [0, 0.05) is 17.6 Å². The number of methoxy groups -OCH3 is 1. The van der Waals surface area contributed by atoms with Crippen LogP contribution in [0.1, 0.15) is 10.4 Å². The number of fused-ring (bicyclic) bond motifs is 1. The number of nitrogens with zero attached hydrogens (tertiary/aromatic N) is 1. The molecule has 128 valence electrons. The van der Waals surface area contributed by atoms with Crippen LogP contribution in [-0.4, -0.2) is 18.0 Å². The largest absolute Gasteiger partial charge is 0.492 e. The molecule has 3 aromatic rings. The molecule has 0 fully saturated rings. The second-order valence-corrected chi connectivity index (χ2v) is 5.94. The van der Waals surface area contributed by atoms with Crippen molar-refractivity contribution in [2.75, 3.05) is 12.8 Å². The zero-order chi connectivity index (χ0) is 18.1. The summed E-state index contributed by atoms with van der Waals surface area (Å²) in [4.78, 5) is 16.1. The number of pyridine rings is 1. The smallest absolute Gasteiger partial charge is 0.252 e. The Morgan fingerprint density at radius 3 is 2.52 bits per heavy atom. The molecule has 0 saturated carbocycles. The van der Waals surface area contributed by atoms with E-state index in [4.69, 9.17) is 44.1 Å². The second kappa shape index (κ2) is 6.66. The van der Waals surface area contributed by atoms with Gasteiger partial charge in [-0.25, -0.2) is 0 Å². The minimum absolute atomic E-state index is 0.126. The summed E-state index contributed by atoms with van der Waals surface area (Å²) in [7, 11) is 1.40. The number of hydrogen-bond acceptors (Lipinski definition) is 5. The van der Waals surface area contributed by atoms with E-state index in [9.17, 15) is 4.79 Å². The van der Waals surface area contributed by atoms with E-state index in [2.05, 4.69) is 4.98 Å². The maximum absolute atomic E-state index is 11.8. The van der Waals surface area contributed by atoms with Crippen LogP contribution in [-0.2, 0) is 0 Å². The maximum atomic E-state index is 11.8. The molecule has 0 radical (unpaired) electrons. The molecule has 25 heavy (non-hydrogen) atoms. The molecule has 8 heteroatoms. The number of aromatic nitrogens is 1. The molecule has 0 aliphatic rings. The Morgan fingerprint density at radius 2 is 1.88 bits per heavy atom. The van der Waals surface area contributed by atoms with Crippen molar-refractivity contribution < 1.29 is 14.3 Å². The van der Waals surface area contributed by atoms with Crippen LogP contribution in [0.15, 0.2) is 36.5 Å². The Kier molecular flexibility index (Phi) is 4.57. The van der Waals surface area contributed by atoms with Crippen LogP contribution in [0.25, 0.3) is 10.9 Å². The Bertz CT molecular complexity index is 993. The fourth-order valence-electron chi connectivity index (χ4n) is 2.38. The number of benzene rings is 2. The van der Waals surface area contributed by atoms with Gasteiger partial charge in [-0.1, -0.05) is 23.2 Å². The molecular weight excluding hydrogens is 365 g/mol. The molecular formula is C17H13Cl2N3O3. The summed E-state index contributed by atoms with van der Waals surface area (Å²) in [5.74, 6) is 0.0703. The highest BCUT2D eigenvalue weighted by molar-refractivity contribution is 6.35. The van der Waals surface area contributed by atoms with Gasteiger partial charge in [-0.15, -0.1) is 0 Å². The van der Waals surface area contributed by atoms with Gasteiger partial charge < -0.3 is 20.9 Å². The molecule has 4 N–H and O–H groups in total. The van der Waals surface area contributed by atoms with Crippen molar-refractivity contribution in [2.45, 2.75) is 0 Å². The van der Waals surface area contributed by atoms with Crippen LogP contribution in [0.4, 0.5) is 5.69 Å². The first-order valence-corrected chi connectivity index (χ1v) is 7.86. The Balaban J connectivity index is 2.28. The Labute approximate surface area is 153 Å². The van der Waals surface area contributed by atoms with Crippen molar-refractivity contribution in [3.63, 3.8) is 0 Å². The number of anilines is 1. The number of ether oxygens (including phenoxy) is 2. The van der Waals surface area contributed by atoms with Crippen molar-refractivity contribution in [3.05, 3.63) is 52.1 Å². The van der Waals surface area contributed by atoms with Gasteiger partial charge in [0.05, 0.1) is 28.4 Å². The van der Waals surface area contributed by atoms with Gasteiger partial charge >= 0.3 is 0 Å². The summed E-state index contributed by atoms with van der Waals surface area (Å²) in [5, 5.41) is 1.24. The van der Waals surface area contributed by atoms with Gasteiger partial charge in [-0.3, -0.25) is 9.78 Å². The maximum Gasteiger partial charge on any atom is 0.252 e. The molecule has 0 aliphatic carbocycles. The predicted octanol–water partition coefficient (Wildman–Crippen LogP) is 4.02. The van der Waals surface area contributed by atoms with Crippen LogP contribution < -0.4 is 20.9 Å². The molecule has 2 aromatic carbocycles. The number of carbonyl (C=O) groups excluding carboxylic acids is 1. The third kappa shape index (κ3) is 3.14. The molecule has 3 rings (SSSR count). The van der Waals surface area contributed by atoms with Crippen LogP contribution >= 0.6 is 23.2 Å². The first-order chi connectivity index (χ1) is 11.9.